The van der Waals surface area contributed by atoms with Gasteiger partial charge in [-0.15, -0.1) is 0 Å². The lowest BCUT2D eigenvalue weighted by Crippen LogP contribution is -2.17. The average Bonchev–Trinajstić information content (AvgIpc) is 2.99. The first-order valence-corrected chi connectivity index (χ1v) is 7.75. The van der Waals surface area contributed by atoms with Gasteiger partial charge in [-0.1, -0.05) is 12.1 Å². The molecule has 2 heterocycles. The van der Waals surface area contributed by atoms with Gasteiger partial charge in [-0.05, 0) is 39.6 Å². The molecule has 0 unspecified atom stereocenters. The molecule has 0 atom stereocenters. The number of aryl methyl sites for hydroxylation is 2. The standard InChI is InChI=1S/C17H22N4O2/c1-12-15(16(22)23-11-7-10-19(2)3)21-14-9-6-5-8-13(14)20(4)17(21)18-12/h5-6,8-9H,7,10-11H2,1-4H3. The Balaban J connectivity index is 1.95. The number of benzene rings is 1. The average molecular weight is 314 g/mol. The number of esters is 1. The van der Waals surface area contributed by atoms with Gasteiger partial charge in [0.25, 0.3) is 0 Å². The molecule has 3 rings (SSSR count). The van der Waals surface area contributed by atoms with Gasteiger partial charge in [0.2, 0.25) is 5.78 Å². The molecule has 1 aromatic carbocycles. The van der Waals surface area contributed by atoms with Crippen LogP contribution in [-0.2, 0) is 11.8 Å². The van der Waals surface area contributed by atoms with Crippen LogP contribution in [0.15, 0.2) is 24.3 Å². The zero-order valence-electron chi connectivity index (χ0n) is 14.0. The molecule has 0 fully saturated rings. The summed E-state index contributed by atoms with van der Waals surface area (Å²) >= 11 is 0. The molecule has 3 aromatic rings. The van der Waals surface area contributed by atoms with Gasteiger partial charge >= 0.3 is 5.97 Å². The van der Waals surface area contributed by atoms with Crippen LogP contribution in [0.25, 0.3) is 16.8 Å². The van der Waals surface area contributed by atoms with E-state index in [-0.39, 0.29) is 5.97 Å². The fourth-order valence-corrected chi connectivity index (χ4v) is 2.87. The number of rotatable bonds is 5. The highest BCUT2D eigenvalue weighted by Gasteiger charge is 2.22. The van der Waals surface area contributed by atoms with Gasteiger partial charge in [0.15, 0.2) is 5.69 Å². The normalized spacial score (nSPS) is 11.7. The number of hydrogen-bond donors (Lipinski definition) is 0. The summed E-state index contributed by atoms with van der Waals surface area (Å²) in [5.41, 5.74) is 3.21. The summed E-state index contributed by atoms with van der Waals surface area (Å²) < 4.78 is 9.33. The van der Waals surface area contributed by atoms with Gasteiger partial charge in [0, 0.05) is 13.6 Å². The molecule has 2 aromatic heterocycles. The highest BCUT2D eigenvalue weighted by atomic mass is 16.5. The molecule has 0 aliphatic carbocycles. The summed E-state index contributed by atoms with van der Waals surface area (Å²) in [6, 6.07) is 7.95. The molecule has 0 saturated carbocycles. The third-order valence-corrected chi connectivity index (χ3v) is 3.99. The first-order chi connectivity index (χ1) is 11.0. The molecule has 0 aliphatic rings. The Hall–Kier alpha value is -2.34. The minimum Gasteiger partial charge on any atom is -0.461 e. The maximum Gasteiger partial charge on any atom is 0.357 e. The number of fused-ring (bicyclic) bond motifs is 3. The van der Waals surface area contributed by atoms with Crippen molar-refractivity contribution in [3.8, 4) is 0 Å². The van der Waals surface area contributed by atoms with Crippen LogP contribution in [0, 0.1) is 6.92 Å². The fraction of sp³-hybridized carbons (Fsp3) is 0.412. The monoisotopic (exact) mass is 314 g/mol. The lowest BCUT2D eigenvalue weighted by atomic mass is 10.3. The van der Waals surface area contributed by atoms with E-state index in [1.165, 1.54) is 0 Å². The predicted octanol–water partition coefficient (Wildman–Crippen LogP) is 2.24. The minimum absolute atomic E-state index is 0.315. The lowest BCUT2D eigenvalue weighted by Gasteiger charge is -2.09. The van der Waals surface area contributed by atoms with Gasteiger partial charge in [0.05, 0.1) is 23.3 Å². The Morgan fingerprint density at radius 2 is 1.96 bits per heavy atom. The predicted molar refractivity (Wildman–Crippen MR) is 89.9 cm³/mol. The minimum atomic E-state index is -0.315. The molecule has 0 aliphatic heterocycles. The van der Waals surface area contributed by atoms with Crippen molar-refractivity contribution in [2.45, 2.75) is 13.3 Å². The summed E-state index contributed by atoms with van der Waals surface area (Å²) in [5, 5.41) is 0. The molecule has 23 heavy (non-hydrogen) atoms. The number of nitrogens with zero attached hydrogens (tertiary/aromatic N) is 4. The molecule has 0 N–H and O–H groups in total. The molecule has 0 radical (unpaired) electrons. The zero-order chi connectivity index (χ0) is 16.6. The summed E-state index contributed by atoms with van der Waals surface area (Å²) in [5.74, 6) is 0.439. The Labute approximate surface area is 135 Å². The molecular formula is C17H22N4O2. The SMILES string of the molecule is Cc1nc2n(C)c3ccccc3n2c1C(=O)OCCCN(C)C. The highest BCUT2D eigenvalue weighted by Crippen LogP contribution is 2.23. The van der Waals surface area contributed by atoms with E-state index >= 15 is 0 Å². The summed E-state index contributed by atoms with van der Waals surface area (Å²) in [4.78, 5) is 19.1. The molecular weight excluding hydrogens is 292 g/mol. The molecule has 0 amide bonds. The van der Waals surface area contributed by atoms with Crippen LogP contribution in [0.5, 0.6) is 0 Å². The fourth-order valence-electron chi connectivity index (χ4n) is 2.87. The second-order valence-electron chi connectivity index (χ2n) is 6.02. The van der Waals surface area contributed by atoms with Crippen LogP contribution in [-0.4, -0.2) is 52.1 Å². The number of hydrogen-bond acceptors (Lipinski definition) is 4. The van der Waals surface area contributed by atoms with Gasteiger partial charge in [-0.25, -0.2) is 9.78 Å². The van der Waals surface area contributed by atoms with E-state index < -0.39 is 0 Å². The van der Waals surface area contributed by atoms with E-state index in [4.69, 9.17) is 4.74 Å². The van der Waals surface area contributed by atoms with Crippen molar-refractivity contribution in [2.75, 3.05) is 27.2 Å². The van der Waals surface area contributed by atoms with Crippen LogP contribution < -0.4 is 0 Å². The number of carbonyl (C=O) groups is 1. The topological polar surface area (TPSA) is 51.8 Å². The Kier molecular flexibility index (Phi) is 4.09. The first-order valence-electron chi connectivity index (χ1n) is 7.75. The van der Waals surface area contributed by atoms with Crippen LogP contribution in [0.3, 0.4) is 0 Å². The third kappa shape index (κ3) is 2.70. The van der Waals surface area contributed by atoms with Gasteiger partial charge in [0.1, 0.15) is 0 Å². The van der Waals surface area contributed by atoms with E-state index in [0.29, 0.717) is 18.0 Å². The van der Waals surface area contributed by atoms with Crippen LogP contribution in [0.4, 0.5) is 0 Å². The maximum atomic E-state index is 12.5. The van der Waals surface area contributed by atoms with Crippen molar-refractivity contribution in [1.82, 2.24) is 18.9 Å². The quantitative estimate of drug-likeness (QED) is 0.535. The second-order valence-corrected chi connectivity index (χ2v) is 6.02. The third-order valence-electron chi connectivity index (χ3n) is 3.99. The Bertz CT molecular complexity index is 860. The van der Waals surface area contributed by atoms with E-state index in [2.05, 4.69) is 9.88 Å². The van der Waals surface area contributed by atoms with Crippen molar-refractivity contribution in [3.05, 3.63) is 35.7 Å². The Morgan fingerprint density at radius 1 is 1.26 bits per heavy atom. The number of carbonyl (C=O) groups excluding carboxylic acids is 1. The maximum absolute atomic E-state index is 12.5. The van der Waals surface area contributed by atoms with Gasteiger partial charge in [-0.2, -0.15) is 0 Å². The van der Waals surface area contributed by atoms with Gasteiger partial charge < -0.3 is 14.2 Å². The first kappa shape index (κ1) is 15.6. The van der Waals surface area contributed by atoms with Crippen molar-refractivity contribution >= 4 is 22.8 Å². The number of aromatic nitrogens is 3. The smallest absolute Gasteiger partial charge is 0.357 e. The molecule has 0 bridgehead atoms. The summed E-state index contributed by atoms with van der Waals surface area (Å²) in [6.07, 6.45) is 0.815. The van der Waals surface area contributed by atoms with Crippen molar-refractivity contribution in [1.29, 1.82) is 0 Å². The molecule has 6 nitrogen and oxygen atoms in total. The van der Waals surface area contributed by atoms with Crippen LogP contribution in [0.2, 0.25) is 0 Å². The summed E-state index contributed by atoms with van der Waals surface area (Å²) in [7, 11) is 5.96. The van der Waals surface area contributed by atoms with Crippen molar-refractivity contribution in [2.24, 2.45) is 7.05 Å². The van der Waals surface area contributed by atoms with Crippen LogP contribution >= 0.6 is 0 Å². The zero-order valence-corrected chi connectivity index (χ0v) is 14.0. The molecule has 0 saturated heterocycles. The number of imidazole rings is 2. The van der Waals surface area contributed by atoms with Crippen LogP contribution in [0.1, 0.15) is 22.6 Å². The van der Waals surface area contributed by atoms with E-state index in [1.54, 1.807) is 0 Å². The van der Waals surface area contributed by atoms with E-state index in [9.17, 15) is 4.79 Å². The van der Waals surface area contributed by atoms with E-state index in [1.807, 2.05) is 61.3 Å². The van der Waals surface area contributed by atoms with Crippen molar-refractivity contribution < 1.29 is 9.53 Å². The molecule has 122 valence electrons. The largest absolute Gasteiger partial charge is 0.461 e. The van der Waals surface area contributed by atoms with Crippen molar-refractivity contribution in [3.63, 3.8) is 0 Å². The lowest BCUT2D eigenvalue weighted by molar-refractivity contribution is 0.0484. The number of para-hydroxylation sites is 2. The summed E-state index contributed by atoms with van der Waals surface area (Å²) in [6.45, 7) is 3.15. The second kappa shape index (κ2) is 6.04. The number of ether oxygens (including phenoxy) is 1. The molecule has 6 heteroatoms. The highest BCUT2D eigenvalue weighted by molar-refractivity contribution is 5.93. The van der Waals surface area contributed by atoms with E-state index in [0.717, 1.165) is 29.8 Å². The van der Waals surface area contributed by atoms with Gasteiger partial charge in [-0.3, -0.25) is 4.40 Å². The Morgan fingerprint density at radius 3 is 2.65 bits per heavy atom. The molecule has 0 spiro atoms.